The lowest BCUT2D eigenvalue weighted by atomic mass is 10.0. The van der Waals surface area contributed by atoms with Crippen LogP contribution < -0.4 is 0 Å². The van der Waals surface area contributed by atoms with Crippen molar-refractivity contribution in [1.29, 1.82) is 0 Å². The SMILES string of the molecule is C/C=C(\C)c1ccc2c(c1)c1ccccc1n2-c1ccccc1. The van der Waals surface area contributed by atoms with Crippen molar-refractivity contribution >= 4 is 27.4 Å². The summed E-state index contributed by atoms with van der Waals surface area (Å²) in [6.07, 6.45) is 2.16. The van der Waals surface area contributed by atoms with Gasteiger partial charge in [-0.05, 0) is 55.3 Å². The highest BCUT2D eigenvalue weighted by Gasteiger charge is 2.12. The van der Waals surface area contributed by atoms with Crippen molar-refractivity contribution in [3.63, 3.8) is 0 Å². The molecule has 4 rings (SSSR count). The molecule has 0 aliphatic heterocycles. The number of hydrogen-bond donors (Lipinski definition) is 0. The van der Waals surface area contributed by atoms with Crippen LogP contribution in [0.5, 0.6) is 0 Å². The quantitative estimate of drug-likeness (QED) is 0.414. The first kappa shape index (κ1) is 13.8. The van der Waals surface area contributed by atoms with E-state index in [9.17, 15) is 0 Å². The van der Waals surface area contributed by atoms with Crippen LogP contribution in [0.15, 0.2) is 78.9 Å². The molecule has 0 atom stereocenters. The van der Waals surface area contributed by atoms with Crippen LogP contribution in [0.3, 0.4) is 0 Å². The maximum atomic E-state index is 2.35. The van der Waals surface area contributed by atoms with Crippen LogP contribution in [-0.2, 0) is 0 Å². The normalized spacial score (nSPS) is 12.2. The Labute approximate surface area is 136 Å². The van der Waals surface area contributed by atoms with Crippen molar-refractivity contribution in [2.24, 2.45) is 0 Å². The highest BCUT2D eigenvalue weighted by Crippen LogP contribution is 2.33. The molecular weight excluding hydrogens is 278 g/mol. The van der Waals surface area contributed by atoms with Crippen molar-refractivity contribution in [2.45, 2.75) is 13.8 Å². The van der Waals surface area contributed by atoms with Gasteiger partial charge >= 0.3 is 0 Å². The standard InChI is InChI=1S/C22H19N/c1-3-16(2)17-13-14-22-20(15-17)19-11-7-8-12-21(19)23(22)18-9-5-4-6-10-18/h3-15H,1-2H3/b16-3+. The monoisotopic (exact) mass is 297 g/mol. The fourth-order valence-corrected chi connectivity index (χ4v) is 3.24. The molecule has 0 radical (unpaired) electrons. The number of rotatable bonds is 2. The number of fused-ring (bicyclic) bond motifs is 3. The maximum absolute atomic E-state index is 2.35. The molecule has 0 N–H and O–H groups in total. The molecule has 3 aromatic carbocycles. The largest absolute Gasteiger partial charge is 0.309 e. The second-order valence-corrected chi connectivity index (χ2v) is 5.89. The Morgan fingerprint density at radius 1 is 0.783 bits per heavy atom. The van der Waals surface area contributed by atoms with Gasteiger partial charge < -0.3 is 4.57 Å². The first-order valence-corrected chi connectivity index (χ1v) is 8.01. The van der Waals surface area contributed by atoms with E-state index < -0.39 is 0 Å². The van der Waals surface area contributed by atoms with Gasteiger partial charge in [0.25, 0.3) is 0 Å². The Kier molecular flexibility index (Phi) is 3.27. The smallest absolute Gasteiger partial charge is 0.0541 e. The number of allylic oxidation sites excluding steroid dienone is 2. The Hall–Kier alpha value is -2.80. The molecule has 1 heteroatoms. The average Bonchev–Trinajstić information content (AvgIpc) is 2.95. The third kappa shape index (κ3) is 2.17. The van der Waals surface area contributed by atoms with Gasteiger partial charge in [-0.1, -0.05) is 48.5 Å². The van der Waals surface area contributed by atoms with Gasteiger partial charge in [-0.2, -0.15) is 0 Å². The number of para-hydroxylation sites is 2. The molecule has 4 aromatic rings. The molecule has 0 fully saturated rings. The van der Waals surface area contributed by atoms with Gasteiger partial charge in [0.15, 0.2) is 0 Å². The van der Waals surface area contributed by atoms with Gasteiger partial charge in [-0.15, -0.1) is 0 Å². The Morgan fingerprint density at radius 2 is 1.48 bits per heavy atom. The fourth-order valence-electron chi connectivity index (χ4n) is 3.24. The predicted molar refractivity (Wildman–Crippen MR) is 100 cm³/mol. The van der Waals surface area contributed by atoms with Gasteiger partial charge in [0, 0.05) is 16.5 Å². The molecule has 0 bridgehead atoms. The van der Waals surface area contributed by atoms with Crippen molar-refractivity contribution in [3.05, 3.63) is 84.4 Å². The van der Waals surface area contributed by atoms with Crippen molar-refractivity contribution in [1.82, 2.24) is 4.57 Å². The summed E-state index contributed by atoms with van der Waals surface area (Å²) < 4.78 is 2.35. The molecule has 0 unspecified atom stereocenters. The summed E-state index contributed by atoms with van der Waals surface area (Å²) in [7, 11) is 0. The Balaban J connectivity index is 2.13. The zero-order chi connectivity index (χ0) is 15.8. The summed E-state index contributed by atoms with van der Waals surface area (Å²) in [5, 5.41) is 2.61. The number of hydrogen-bond acceptors (Lipinski definition) is 0. The van der Waals surface area contributed by atoms with E-state index in [1.54, 1.807) is 0 Å². The van der Waals surface area contributed by atoms with E-state index in [4.69, 9.17) is 0 Å². The van der Waals surface area contributed by atoms with Gasteiger partial charge in [0.05, 0.1) is 11.0 Å². The fraction of sp³-hybridized carbons (Fsp3) is 0.0909. The van der Waals surface area contributed by atoms with Gasteiger partial charge in [-0.3, -0.25) is 0 Å². The minimum Gasteiger partial charge on any atom is -0.309 e. The van der Waals surface area contributed by atoms with Crippen molar-refractivity contribution in [2.75, 3.05) is 0 Å². The summed E-state index contributed by atoms with van der Waals surface area (Å²) in [5.74, 6) is 0. The zero-order valence-electron chi connectivity index (χ0n) is 13.5. The van der Waals surface area contributed by atoms with E-state index in [2.05, 4.69) is 97.3 Å². The van der Waals surface area contributed by atoms with E-state index in [1.807, 2.05) is 0 Å². The predicted octanol–water partition coefficient (Wildman–Crippen LogP) is 6.21. The second-order valence-electron chi connectivity index (χ2n) is 5.89. The van der Waals surface area contributed by atoms with E-state index in [0.29, 0.717) is 0 Å². The number of benzene rings is 3. The molecule has 0 spiro atoms. The van der Waals surface area contributed by atoms with Crippen LogP contribution >= 0.6 is 0 Å². The van der Waals surface area contributed by atoms with Crippen LogP contribution in [0, 0.1) is 0 Å². The van der Waals surface area contributed by atoms with Crippen LogP contribution in [0.25, 0.3) is 33.1 Å². The highest BCUT2D eigenvalue weighted by atomic mass is 15.0. The van der Waals surface area contributed by atoms with Crippen LogP contribution in [0.1, 0.15) is 19.4 Å². The van der Waals surface area contributed by atoms with Gasteiger partial charge in [-0.25, -0.2) is 0 Å². The minimum absolute atomic E-state index is 1.20. The molecule has 0 saturated carbocycles. The van der Waals surface area contributed by atoms with Crippen LogP contribution in [0.4, 0.5) is 0 Å². The van der Waals surface area contributed by atoms with E-state index in [0.717, 1.165) is 0 Å². The summed E-state index contributed by atoms with van der Waals surface area (Å²) in [5.41, 5.74) is 6.31. The molecule has 0 aliphatic carbocycles. The molecule has 1 aromatic heterocycles. The Bertz CT molecular complexity index is 1020. The third-order valence-corrected chi connectivity index (χ3v) is 4.58. The summed E-state index contributed by atoms with van der Waals surface area (Å²) in [4.78, 5) is 0. The molecule has 1 heterocycles. The van der Waals surface area contributed by atoms with Crippen LogP contribution in [-0.4, -0.2) is 4.57 Å². The van der Waals surface area contributed by atoms with Crippen molar-refractivity contribution in [3.8, 4) is 5.69 Å². The topological polar surface area (TPSA) is 4.93 Å². The maximum Gasteiger partial charge on any atom is 0.0541 e. The van der Waals surface area contributed by atoms with Crippen LogP contribution in [0.2, 0.25) is 0 Å². The number of aromatic nitrogens is 1. The third-order valence-electron chi connectivity index (χ3n) is 4.58. The molecule has 23 heavy (non-hydrogen) atoms. The molecule has 0 saturated heterocycles. The minimum atomic E-state index is 1.20. The lowest BCUT2D eigenvalue weighted by Gasteiger charge is -2.08. The number of nitrogens with zero attached hydrogens (tertiary/aromatic N) is 1. The molecule has 1 nitrogen and oxygen atoms in total. The van der Waals surface area contributed by atoms with E-state index in [1.165, 1.54) is 38.6 Å². The summed E-state index contributed by atoms with van der Waals surface area (Å²) in [6.45, 7) is 4.25. The van der Waals surface area contributed by atoms with Crippen molar-refractivity contribution < 1.29 is 0 Å². The molecule has 112 valence electrons. The first-order chi connectivity index (χ1) is 11.3. The zero-order valence-corrected chi connectivity index (χ0v) is 13.5. The van der Waals surface area contributed by atoms with E-state index in [-0.39, 0.29) is 0 Å². The highest BCUT2D eigenvalue weighted by molar-refractivity contribution is 6.10. The van der Waals surface area contributed by atoms with E-state index >= 15 is 0 Å². The molecule has 0 amide bonds. The average molecular weight is 297 g/mol. The summed E-state index contributed by atoms with van der Waals surface area (Å²) in [6, 6.07) is 26.0. The second kappa shape index (κ2) is 5.44. The Morgan fingerprint density at radius 3 is 2.26 bits per heavy atom. The van der Waals surface area contributed by atoms with Gasteiger partial charge in [0.2, 0.25) is 0 Å². The molecule has 0 aliphatic rings. The lowest BCUT2D eigenvalue weighted by Crippen LogP contribution is -1.92. The lowest BCUT2D eigenvalue weighted by molar-refractivity contribution is 1.18. The first-order valence-electron chi connectivity index (χ1n) is 8.01. The molecular formula is C22H19N. The summed E-state index contributed by atoms with van der Waals surface area (Å²) >= 11 is 0. The van der Waals surface area contributed by atoms with Gasteiger partial charge in [0.1, 0.15) is 0 Å².